The molecule has 0 bridgehead atoms. The van der Waals surface area contributed by atoms with Crippen LogP contribution >= 0.6 is 22.9 Å². The highest BCUT2D eigenvalue weighted by Crippen LogP contribution is 2.32. The van der Waals surface area contributed by atoms with Crippen LogP contribution in [0.2, 0.25) is 5.28 Å². The molecule has 0 spiro atoms. The molecule has 7 heteroatoms. The van der Waals surface area contributed by atoms with E-state index >= 15 is 0 Å². The number of benzene rings is 1. The van der Waals surface area contributed by atoms with Crippen molar-refractivity contribution in [2.45, 2.75) is 19.9 Å². The molecule has 0 unspecified atom stereocenters. The maximum Gasteiger partial charge on any atom is 0.225 e. The number of rotatable bonds is 4. The first-order valence-corrected chi connectivity index (χ1v) is 9.00. The summed E-state index contributed by atoms with van der Waals surface area (Å²) in [6.07, 6.45) is 0.972. The topological polar surface area (TPSA) is 56.3 Å². The molecular weight excluding hydrogens is 346 g/mol. The average Bonchev–Trinajstić information content (AvgIpc) is 3.02. The summed E-state index contributed by atoms with van der Waals surface area (Å²) in [6.45, 7) is 3.93. The van der Waals surface area contributed by atoms with Gasteiger partial charge in [-0.05, 0) is 41.8 Å². The van der Waals surface area contributed by atoms with Gasteiger partial charge in [0.25, 0.3) is 0 Å². The van der Waals surface area contributed by atoms with Crippen LogP contribution in [0.1, 0.15) is 17.4 Å². The maximum atomic E-state index is 6.06. The molecule has 1 aromatic carbocycles. The molecule has 24 heavy (non-hydrogen) atoms. The SMILES string of the molecule is CCc1cc2c(NCc3ccc4c(c3)OCCO4)nc(Cl)nc2s1. The van der Waals surface area contributed by atoms with Crippen molar-refractivity contribution in [3.63, 3.8) is 0 Å². The molecule has 0 fully saturated rings. The molecule has 124 valence electrons. The van der Waals surface area contributed by atoms with Crippen LogP contribution in [-0.4, -0.2) is 23.2 Å². The van der Waals surface area contributed by atoms with E-state index in [1.54, 1.807) is 11.3 Å². The monoisotopic (exact) mass is 361 g/mol. The summed E-state index contributed by atoms with van der Waals surface area (Å²) in [5.41, 5.74) is 1.09. The fourth-order valence-corrected chi connectivity index (χ4v) is 3.82. The van der Waals surface area contributed by atoms with E-state index in [1.165, 1.54) is 4.88 Å². The van der Waals surface area contributed by atoms with Gasteiger partial charge >= 0.3 is 0 Å². The molecule has 1 aliphatic rings. The fraction of sp³-hybridized carbons (Fsp3) is 0.294. The van der Waals surface area contributed by atoms with Crippen LogP contribution in [0.25, 0.3) is 10.2 Å². The number of hydrogen-bond donors (Lipinski definition) is 1. The molecule has 4 rings (SSSR count). The van der Waals surface area contributed by atoms with Crippen molar-refractivity contribution in [2.75, 3.05) is 18.5 Å². The van der Waals surface area contributed by atoms with Crippen LogP contribution in [0.15, 0.2) is 24.3 Å². The lowest BCUT2D eigenvalue weighted by Crippen LogP contribution is -2.15. The standard InChI is InChI=1S/C17H16ClN3O2S/c1-2-11-8-12-15(20-17(18)21-16(12)24-11)19-9-10-3-4-13-14(7-10)23-6-5-22-13/h3-4,7-8H,2,5-6,9H2,1H3,(H,19,20,21). The Morgan fingerprint density at radius 3 is 2.83 bits per heavy atom. The van der Waals surface area contributed by atoms with Crippen molar-refractivity contribution in [1.29, 1.82) is 0 Å². The quantitative estimate of drug-likeness (QED) is 0.702. The van der Waals surface area contributed by atoms with E-state index in [4.69, 9.17) is 21.1 Å². The van der Waals surface area contributed by atoms with Gasteiger partial charge in [-0.25, -0.2) is 9.97 Å². The summed E-state index contributed by atoms with van der Waals surface area (Å²) in [4.78, 5) is 10.8. The van der Waals surface area contributed by atoms with Crippen LogP contribution in [0.5, 0.6) is 11.5 Å². The number of ether oxygens (including phenoxy) is 2. The van der Waals surface area contributed by atoms with Crippen molar-refractivity contribution in [2.24, 2.45) is 0 Å². The Hall–Kier alpha value is -2.05. The van der Waals surface area contributed by atoms with Gasteiger partial charge in [0.15, 0.2) is 11.5 Å². The van der Waals surface area contributed by atoms with Crippen molar-refractivity contribution < 1.29 is 9.47 Å². The first kappa shape index (κ1) is 15.5. The second kappa shape index (κ2) is 6.45. The zero-order valence-electron chi connectivity index (χ0n) is 13.1. The minimum Gasteiger partial charge on any atom is -0.486 e. The van der Waals surface area contributed by atoms with E-state index in [-0.39, 0.29) is 5.28 Å². The molecule has 5 nitrogen and oxygen atoms in total. The van der Waals surface area contributed by atoms with E-state index in [2.05, 4.69) is 28.3 Å². The summed E-state index contributed by atoms with van der Waals surface area (Å²) in [7, 11) is 0. The summed E-state index contributed by atoms with van der Waals surface area (Å²) in [6, 6.07) is 8.08. The molecule has 2 aromatic heterocycles. The van der Waals surface area contributed by atoms with Gasteiger partial charge in [-0.1, -0.05) is 13.0 Å². The number of anilines is 1. The van der Waals surface area contributed by atoms with Crippen molar-refractivity contribution in [1.82, 2.24) is 9.97 Å². The molecular formula is C17H16ClN3O2S. The molecule has 3 heterocycles. The first-order valence-electron chi connectivity index (χ1n) is 7.81. The van der Waals surface area contributed by atoms with Gasteiger partial charge in [0, 0.05) is 11.4 Å². The molecule has 0 amide bonds. The number of aryl methyl sites for hydroxylation is 1. The maximum absolute atomic E-state index is 6.06. The van der Waals surface area contributed by atoms with Gasteiger partial charge in [-0.3, -0.25) is 0 Å². The van der Waals surface area contributed by atoms with Crippen molar-refractivity contribution in [3.05, 3.63) is 40.0 Å². The van der Waals surface area contributed by atoms with E-state index in [0.717, 1.165) is 39.5 Å². The number of nitrogens with one attached hydrogen (secondary N) is 1. The van der Waals surface area contributed by atoms with Gasteiger partial charge in [0.05, 0.1) is 5.39 Å². The zero-order chi connectivity index (χ0) is 16.5. The molecule has 1 aliphatic heterocycles. The summed E-state index contributed by atoms with van der Waals surface area (Å²) < 4.78 is 11.2. The Labute approximate surface area is 148 Å². The Kier molecular flexibility index (Phi) is 4.16. The highest BCUT2D eigenvalue weighted by Gasteiger charge is 2.13. The Bertz CT molecular complexity index is 897. The second-order valence-corrected chi connectivity index (χ2v) is 6.91. The van der Waals surface area contributed by atoms with Crippen molar-refractivity contribution in [3.8, 4) is 11.5 Å². The molecule has 0 saturated heterocycles. The number of thiophene rings is 1. The van der Waals surface area contributed by atoms with Crippen LogP contribution in [0, 0.1) is 0 Å². The van der Waals surface area contributed by atoms with Crippen LogP contribution in [0.3, 0.4) is 0 Å². The lowest BCUT2D eigenvalue weighted by atomic mass is 10.2. The fourth-order valence-electron chi connectivity index (χ4n) is 2.64. The lowest BCUT2D eigenvalue weighted by molar-refractivity contribution is 0.171. The van der Waals surface area contributed by atoms with Crippen molar-refractivity contribution >= 4 is 39.0 Å². The zero-order valence-corrected chi connectivity index (χ0v) is 14.7. The van der Waals surface area contributed by atoms with Crippen LogP contribution < -0.4 is 14.8 Å². The largest absolute Gasteiger partial charge is 0.486 e. The highest BCUT2D eigenvalue weighted by atomic mass is 35.5. The average molecular weight is 362 g/mol. The summed E-state index contributed by atoms with van der Waals surface area (Å²) in [5.74, 6) is 2.34. The number of nitrogens with zero attached hydrogens (tertiary/aromatic N) is 2. The molecule has 1 N–H and O–H groups in total. The third-order valence-electron chi connectivity index (χ3n) is 3.83. The lowest BCUT2D eigenvalue weighted by Gasteiger charge is -2.19. The van der Waals surface area contributed by atoms with E-state index < -0.39 is 0 Å². The molecule has 0 aliphatic carbocycles. The smallest absolute Gasteiger partial charge is 0.225 e. The molecule has 3 aromatic rings. The van der Waals surface area contributed by atoms with Gasteiger partial charge in [0.1, 0.15) is 23.9 Å². The van der Waals surface area contributed by atoms with E-state index in [9.17, 15) is 0 Å². The van der Waals surface area contributed by atoms with E-state index in [1.807, 2.05) is 18.2 Å². The number of fused-ring (bicyclic) bond motifs is 2. The predicted molar refractivity (Wildman–Crippen MR) is 96.6 cm³/mol. The Morgan fingerprint density at radius 2 is 2.00 bits per heavy atom. The van der Waals surface area contributed by atoms with Gasteiger partial charge < -0.3 is 14.8 Å². The van der Waals surface area contributed by atoms with E-state index in [0.29, 0.717) is 19.8 Å². The van der Waals surface area contributed by atoms with Gasteiger partial charge in [-0.15, -0.1) is 11.3 Å². The molecule has 0 radical (unpaired) electrons. The highest BCUT2D eigenvalue weighted by molar-refractivity contribution is 7.18. The number of aromatic nitrogens is 2. The van der Waals surface area contributed by atoms with Crippen LogP contribution in [0.4, 0.5) is 5.82 Å². The molecule has 0 saturated carbocycles. The Morgan fingerprint density at radius 1 is 1.17 bits per heavy atom. The first-order chi connectivity index (χ1) is 11.7. The number of halogens is 1. The summed E-state index contributed by atoms with van der Waals surface area (Å²) >= 11 is 7.71. The minimum absolute atomic E-state index is 0.261. The third-order valence-corrected chi connectivity index (χ3v) is 5.17. The normalized spacial score (nSPS) is 13.2. The minimum atomic E-state index is 0.261. The second-order valence-electron chi connectivity index (χ2n) is 5.46. The van der Waals surface area contributed by atoms with Gasteiger partial charge in [0.2, 0.25) is 5.28 Å². The molecule has 0 atom stereocenters. The number of hydrogen-bond acceptors (Lipinski definition) is 6. The van der Waals surface area contributed by atoms with Gasteiger partial charge in [-0.2, -0.15) is 0 Å². The van der Waals surface area contributed by atoms with Crippen LogP contribution in [-0.2, 0) is 13.0 Å². The predicted octanol–water partition coefficient (Wildman–Crippen LogP) is 4.29. The summed E-state index contributed by atoms with van der Waals surface area (Å²) in [5, 5.41) is 4.64. The third kappa shape index (κ3) is 2.99. The Balaban J connectivity index is 1.59.